The van der Waals surface area contributed by atoms with E-state index >= 15 is 0 Å². The van der Waals surface area contributed by atoms with E-state index in [0.29, 0.717) is 11.3 Å². The summed E-state index contributed by atoms with van der Waals surface area (Å²) in [5, 5.41) is 11.9. The van der Waals surface area contributed by atoms with Crippen molar-refractivity contribution in [2.24, 2.45) is 5.92 Å². The molecule has 0 unspecified atom stereocenters. The van der Waals surface area contributed by atoms with Crippen LogP contribution >= 0.6 is 0 Å². The lowest BCUT2D eigenvalue weighted by molar-refractivity contribution is 0.156. The third-order valence-electron chi connectivity index (χ3n) is 5.28. The van der Waals surface area contributed by atoms with Crippen molar-refractivity contribution in [3.05, 3.63) is 66.1 Å². The number of pyridine rings is 2. The summed E-state index contributed by atoms with van der Waals surface area (Å²) in [6, 6.07) is 12.1. The van der Waals surface area contributed by atoms with Crippen molar-refractivity contribution < 1.29 is 5.11 Å². The smallest absolute Gasteiger partial charge is 0.146 e. The highest BCUT2D eigenvalue weighted by Gasteiger charge is 2.28. The molecule has 1 N–H and O–H groups in total. The average Bonchev–Trinajstić information content (AvgIpc) is 2.66. The summed E-state index contributed by atoms with van der Waals surface area (Å²) in [6.45, 7) is 4.39. The third-order valence-corrected chi connectivity index (χ3v) is 5.28. The number of likely N-dealkylation sites (tertiary alicyclic amines) is 1. The lowest BCUT2D eigenvalue weighted by atomic mass is 9.91. The summed E-state index contributed by atoms with van der Waals surface area (Å²) in [4.78, 5) is 11.0. The van der Waals surface area contributed by atoms with E-state index in [4.69, 9.17) is 0 Å². The van der Waals surface area contributed by atoms with Gasteiger partial charge in [-0.2, -0.15) is 0 Å². The van der Waals surface area contributed by atoms with E-state index in [-0.39, 0.29) is 6.04 Å². The maximum Gasteiger partial charge on any atom is 0.146 e. The highest BCUT2D eigenvalue weighted by atomic mass is 16.3. The Morgan fingerprint density at radius 1 is 1.04 bits per heavy atom. The molecular weight excluding hydrogens is 310 g/mol. The molecular formula is C21H23N3O. The second-order valence-electron chi connectivity index (χ2n) is 6.98. The number of aromatic hydroxyl groups is 1. The second-order valence-corrected chi connectivity index (χ2v) is 6.98. The van der Waals surface area contributed by atoms with Gasteiger partial charge in [-0.1, -0.05) is 25.1 Å². The molecule has 4 rings (SSSR count). The molecule has 0 amide bonds. The standard InChI is InChI=1S/C21H23N3O/c1-15-8-13-24(14-9-15)20(17-6-11-22-12-7-17)18-5-4-16-3-2-10-23-19(16)21(18)25/h2-7,10-12,15,20,25H,8-9,13-14H2,1H3/t20-/m0/s1. The van der Waals surface area contributed by atoms with Crippen LogP contribution in [-0.2, 0) is 0 Å². The number of fused-ring (bicyclic) bond motifs is 1. The molecule has 2 aromatic heterocycles. The first-order valence-corrected chi connectivity index (χ1v) is 8.94. The van der Waals surface area contributed by atoms with E-state index < -0.39 is 0 Å². The van der Waals surface area contributed by atoms with E-state index in [2.05, 4.69) is 27.9 Å². The van der Waals surface area contributed by atoms with Gasteiger partial charge in [-0.3, -0.25) is 14.9 Å². The van der Waals surface area contributed by atoms with Crippen LogP contribution in [0.4, 0.5) is 0 Å². The lowest BCUT2D eigenvalue weighted by Crippen LogP contribution is -2.36. The normalized spacial score (nSPS) is 17.6. The van der Waals surface area contributed by atoms with Crippen LogP contribution in [0.5, 0.6) is 5.75 Å². The first-order valence-electron chi connectivity index (χ1n) is 8.94. The molecule has 0 bridgehead atoms. The molecule has 1 aliphatic heterocycles. The monoisotopic (exact) mass is 333 g/mol. The number of rotatable bonds is 3. The fraction of sp³-hybridized carbons (Fsp3) is 0.333. The molecule has 1 fully saturated rings. The number of phenols is 1. The highest BCUT2D eigenvalue weighted by Crippen LogP contribution is 2.39. The van der Waals surface area contributed by atoms with E-state index in [1.807, 2.05) is 42.7 Å². The van der Waals surface area contributed by atoms with Gasteiger partial charge in [-0.05, 0) is 55.6 Å². The Morgan fingerprint density at radius 3 is 2.56 bits per heavy atom. The van der Waals surface area contributed by atoms with Crippen LogP contribution in [0.1, 0.15) is 36.9 Å². The Bertz CT molecular complexity index is 857. The Morgan fingerprint density at radius 2 is 1.80 bits per heavy atom. The maximum atomic E-state index is 11.0. The molecule has 1 saturated heterocycles. The van der Waals surface area contributed by atoms with E-state index in [9.17, 15) is 5.11 Å². The van der Waals surface area contributed by atoms with Gasteiger partial charge in [-0.25, -0.2) is 0 Å². The molecule has 4 nitrogen and oxygen atoms in total. The first kappa shape index (κ1) is 16.0. The minimum Gasteiger partial charge on any atom is -0.505 e. The molecule has 3 heterocycles. The van der Waals surface area contributed by atoms with Crippen molar-refractivity contribution in [1.82, 2.24) is 14.9 Å². The zero-order chi connectivity index (χ0) is 17.2. The van der Waals surface area contributed by atoms with Crippen molar-refractivity contribution in [3.63, 3.8) is 0 Å². The SMILES string of the molecule is CC1CCN([C@@H](c2ccncc2)c2ccc3cccnc3c2O)CC1. The third kappa shape index (κ3) is 3.10. The maximum absolute atomic E-state index is 11.0. The molecule has 0 aliphatic carbocycles. The number of hydrogen-bond acceptors (Lipinski definition) is 4. The second kappa shape index (κ2) is 6.81. The highest BCUT2D eigenvalue weighted by molar-refractivity contribution is 5.85. The first-order chi connectivity index (χ1) is 12.2. The summed E-state index contributed by atoms with van der Waals surface area (Å²) >= 11 is 0. The van der Waals surface area contributed by atoms with Crippen LogP contribution in [0.25, 0.3) is 10.9 Å². The minimum atomic E-state index is 0.0295. The van der Waals surface area contributed by atoms with Gasteiger partial charge in [0.25, 0.3) is 0 Å². The minimum absolute atomic E-state index is 0.0295. The summed E-state index contributed by atoms with van der Waals surface area (Å²) in [5.41, 5.74) is 2.76. The van der Waals surface area contributed by atoms with Crippen LogP contribution < -0.4 is 0 Å². The summed E-state index contributed by atoms with van der Waals surface area (Å²) in [7, 11) is 0. The van der Waals surface area contributed by atoms with Crippen molar-refractivity contribution >= 4 is 10.9 Å². The van der Waals surface area contributed by atoms with Crippen LogP contribution in [-0.4, -0.2) is 33.1 Å². The molecule has 0 spiro atoms. The van der Waals surface area contributed by atoms with Gasteiger partial charge < -0.3 is 5.11 Å². The lowest BCUT2D eigenvalue weighted by Gasteiger charge is -2.37. The molecule has 4 heteroatoms. The molecule has 1 atom stereocenters. The summed E-state index contributed by atoms with van der Waals surface area (Å²) in [6.07, 6.45) is 7.76. The van der Waals surface area contributed by atoms with Crippen LogP contribution in [0.3, 0.4) is 0 Å². The van der Waals surface area contributed by atoms with E-state index in [1.165, 1.54) is 12.8 Å². The van der Waals surface area contributed by atoms with E-state index in [0.717, 1.165) is 35.5 Å². The van der Waals surface area contributed by atoms with Crippen LogP contribution in [0.2, 0.25) is 0 Å². The molecule has 25 heavy (non-hydrogen) atoms. The predicted octanol–water partition coefficient (Wildman–Crippen LogP) is 4.16. The van der Waals surface area contributed by atoms with Crippen molar-refractivity contribution in [3.8, 4) is 5.75 Å². The van der Waals surface area contributed by atoms with Gasteiger partial charge in [0.15, 0.2) is 0 Å². The predicted molar refractivity (Wildman–Crippen MR) is 99.5 cm³/mol. The van der Waals surface area contributed by atoms with Crippen molar-refractivity contribution in [2.45, 2.75) is 25.8 Å². The number of piperidine rings is 1. The van der Waals surface area contributed by atoms with E-state index in [1.54, 1.807) is 6.20 Å². The summed E-state index contributed by atoms with van der Waals surface area (Å²) in [5.74, 6) is 1.06. The van der Waals surface area contributed by atoms with Gasteiger partial charge in [0.2, 0.25) is 0 Å². The average molecular weight is 333 g/mol. The van der Waals surface area contributed by atoms with Gasteiger partial charge in [0.05, 0.1) is 6.04 Å². The molecule has 1 aromatic carbocycles. The number of hydrogen-bond donors (Lipinski definition) is 1. The molecule has 128 valence electrons. The Kier molecular flexibility index (Phi) is 4.36. The number of benzene rings is 1. The van der Waals surface area contributed by atoms with Crippen LogP contribution in [0, 0.1) is 5.92 Å². The van der Waals surface area contributed by atoms with Gasteiger partial charge >= 0.3 is 0 Å². The fourth-order valence-corrected chi connectivity index (χ4v) is 3.79. The van der Waals surface area contributed by atoms with Gasteiger partial charge in [0, 0.05) is 29.5 Å². The zero-order valence-corrected chi connectivity index (χ0v) is 14.5. The molecule has 0 saturated carbocycles. The van der Waals surface area contributed by atoms with Gasteiger partial charge in [-0.15, -0.1) is 0 Å². The molecule has 1 aliphatic rings. The number of phenolic OH excluding ortho intramolecular Hbond substituents is 1. The Balaban J connectivity index is 1.82. The van der Waals surface area contributed by atoms with Crippen LogP contribution in [0.15, 0.2) is 55.0 Å². The van der Waals surface area contributed by atoms with Crippen molar-refractivity contribution in [2.75, 3.05) is 13.1 Å². The topological polar surface area (TPSA) is 49.2 Å². The summed E-state index contributed by atoms with van der Waals surface area (Å²) < 4.78 is 0. The Hall–Kier alpha value is -2.46. The van der Waals surface area contributed by atoms with Crippen molar-refractivity contribution in [1.29, 1.82) is 0 Å². The fourth-order valence-electron chi connectivity index (χ4n) is 3.79. The Labute approximate surface area is 148 Å². The number of nitrogens with zero attached hydrogens (tertiary/aromatic N) is 3. The quantitative estimate of drug-likeness (QED) is 0.782. The van der Waals surface area contributed by atoms with Gasteiger partial charge in [0.1, 0.15) is 11.3 Å². The zero-order valence-electron chi connectivity index (χ0n) is 14.5. The molecule has 0 radical (unpaired) electrons. The largest absolute Gasteiger partial charge is 0.505 e. The molecule has 3 aromatic rings. The number of aromatic nitrogens is 2.